The van der Waals surface area contributed by atoms with E-state index >= 15 is 0 Å². The van der Waals surface area contributed by atoms with Gasteiger partial charge < -0.3 is 4.89 Å². The number of hydrogen-bond acceptors (Lipinski definition) is 2. The van der Waals surface area contributed by atoms with Gasteiger partial charge in [0.05, 0.1) is 11.6 Å². The second-order valence-corrected chi connectivity index (χ2v) is 2.70. The number of hydrogen-bond donors (Lipinski definition) is 0. The first-order chi connectivity index (χ1) is 5.38. The molecule has 1 aromatic carbocycles. The third kappa shape index (κ3) is 1.19. The molecule has 3 heteroatoms. The molecular weight excluding hydrogens is 164 g/mol. The summed E-state index contributed by atoms with van der Waals surface area (Å²) in [6.45, 7) is 0.573. The van der Waals surface area contributed by atoms with Gasteiger partial charge in [0.2, 0.25) is 0 Å². The number of rotatable bonds is 0. The highest BCUT2D eigenvalue weighted by Crippen LogP contribution is 2.30. The fourth-order valence-corrected chi connectivity index (χ4v) is 1.23. The van der Waals surface area contributed by atoms with E-state index in [9.17, 15) is 0 Å². The molecule has 0 amide bonds. The summed E-state index contributed by atoms with van der Waals surface area (Å²) in [5.41, 5.74) is 0.990. The molecule has 0 aliphatic carbocycles. The van der Waals surface area contributed by atoms with Gasteiger partial charge in [-0.3, -0.25) is 0 Å². The van der Waals surface area contributed by atoms with Crippen LogP contribution in [0.3, 0.4) is 0 Å². The Bertz CT molecular complexity index is 273. The molecule has 0 aromatic heterocycles. The molecule has 0 spiro atoms. The van der Waals surface area contributed by atoms with Crippen LogP contribution in [-0.2, 0) is 11.3 Å². The Kier molecular flexibility index (Phi) is 1.72. The third-order valence-electron chi connectivity index (χ3n) is 1.56. The molecule has 0 atom stereocenters. The molecule has 0 unspecified atom stereocenters. The lowest BCUT2D eigenvalue weighted by Crippen LogP contribution is -2.10. The highest BCUT2D eigenvalue weighted by Gasteiger charge is 2.14. The summed E-state index contributed by atoms with van der Waals surface area (Å²) in [4.78, 5) is 9.66. The first-order valence-corrected chi connectivity index (χ1v) is 3.74. The second kappa shape index (κ2) is 2.72. The molecule has 2 nitrogen and oxygen atoms in total. The van der Waals surface area contributed by atoms with E-state index in [1.165, 1.54) is 0 Å². The molecule has 1 radical (unpaired) electrons. The highest BCUT2D eigenvalue weighted by molar-refractivity contribution is 6.32. The monoisotopic (exact) mass is 169 g/mol. The van der Waals surface area contributed by atoms with Gasteiger partial charge in [-0.05, 0) is 12.1 Å². The molecule has 2 rings (SSSR count). The van der Waals surface area contributed by atoms with Gasteiger partial charge >= 0.3 is 0 Å². The van der Waals surface area contributed by atoms with Crippen molar-refractivity contribution in [1.29, 1.82) is 0 Å². The highest BCUT2D eigenvalue weighted by atomic mass is 35.5. The Labute approximate surface area is 69.6 Å². The number of benzene rings is 1. The minimum absolute atomic E-state index is 0.573. The van der Waals surface area contributed by atoms with Crippen molar-refractivity contribution in [2.45, 2.75) is 6.42 Å². The average Bonchev–Trinajstić information content (AvgIpc) is 2.06. The van der Waals surface area contributed by atoms with E-state index in [4.69, 9.17) is 21.4 Å². The third-order valence-corrected chi connectivity index (χ3v) is 1.85. The van der Waals surface area contributed by atoms with Crippen molar-refractivity contribution in [2.75, 3.05) is 6.61 Å². The normalized spacial score (nSPS) is 15.4. The van der Waals surface area contributed by atoms with Crippen LogP contribution in [-0.4, -0.2) is 6.61 Å². The molecule has 1 aliphatic rings. The average molecular weight is 170 g/mol. The molecule has 1 aromatic rings. The predicted octanol–water partition coefficient (Wildman–Crippen LogP) is 2.01. The molecule has 0 saturated heterocycles. The van der Waals surface area contributed by atoms with Crippen LogP contribution in [0.1, 0.15) is 5.56 Å². The van der Waals surface area contributed by atoms with Gasteiger partial charge in [-0.15, -0.1) is 0 Å². The van der Waals surface area contributed by atoms with E-state index in [1.807, 2.05) is 0 Å². The van der Waals surface area contributed by atoms with Crippen molar-refractivity contribution >= 4 is 11.6 Å². The van der Waals surface area contributed by atoms with E-state index < -0.39 is 0 Å². The number of halogens is 1. The fraction of sp³-hybridized carbons (Fsp3) is 0.250. The molecule has 57 valence electrons. The summed E-state index contributed by atoms with van der Waals surface area (Å²) in [5, 5.41) is 0.582. The fourth-order valence-electron chi connectivity index (χ4n) is 1.02. The maximum atomic E-state index is 5.82. The lowest BCUT2D eigenvalue weighted by molar-refractivity contribution is -0.215. The Morgan fingerprint density at radius 2 is 2.45 bits per heavy atom. The van der Waals surface area contributed by atoms with Gasteiger partial charge in [0.25, 0.3) is 0 Å². The van der Waals surface area contributed by atoms with Gasteiger partial charge in [-0.2, -0.15) is 4.89 Å². The zero-order chi connectivity index (χ0) is 7.68. The van der Waals surface area contributed by atoms with Crippen LogP contribution < -0.4 is 4.89 Å². The Morgan fingerprint density at radius 3 is 3.27 bits per heavy atom. The van der Waals surface area contributed by atoms with E-state index in [0.717, 1.165) is 12.0 Å². The SMILES string of the molecule is Clc1cc[c]c2c1OOCC2. The van der Waals surface area contributed by atoms with Gasteiger partial charge in [0.15, 0.2) is 5.75 Å². The Balaban J connectivity index is 2.49. The number of fused-ring (bicyclic) bond motifs is 1. The van der Waals surface area contributed by atoms with Crippen molar-refractivity contribution in [3.63, 3.8) is 0 Å². The lowest BCUT2D eigenvalue weighted by atomic mass is 10.1. The quantitative estimate of drug-likeness (QED) is 0.553. The minimum Gasteiger partial charge on any atom is -0.336 e. The van der Waals surface area contributed by atoms with Crippen LogP contribution in [0.25, 0.3) is 0 Å². The van der Waals surface area contributed by atoms with Crippen LogP contribution >= 0.6 is 11.6 Å². The largest absolute Gasteiger partial charge is 0.336 e. The van der Waals surface area contributed by atoms with E-state index in [-0.39, 0.29) is 0 Å². The van der Waals surface area contributed by atoms with Gasteiger partial charge in [-0.1, -0.05) is 17.7 Å². The molecule has 1 aliphatic heterocycles. The zero-order valence-corrected chi connectivity index (χ0v) is 6.52. The first kappa shape index (κ1) is 6.95. The summed E-state index contributed by atoms with van der Waals surface area (Å²) in [6, 6.07) is 6.56. The molecular formula is C8H6ClO2. The molecule has 11 heavy (non-hydrogen) atoms. The Hall–Kier alpha value is -0.730. The molecule has 0 fully saturated rings. The molecule has 0 bridgehead atoms. The standard InChI is InChI=1S/C8H6ClO2/c9-7-3-1-2-6-4-5-10-11-8(6)7/h1,3H,4-5H2. The van der Waals surface area contributed by atoms with Crippen LogP contribution in [0, 0.1) is 6.07 Å². The van der Waals surface area contributed by atoms with Gasteiger partial charge in [0, 0.05) is 12.0 Å². The summed E-state index contributed by atoms with van der Waals surface area (Å²) in [5.74, 6) is 0.611. The summed E-state index contributed by atoms with van der Waals surface area (Å²) in [7, 11) is 0. The Morgan fingerprint density at radius 1 is 1.55 bits per heavy atom. The van der Waals surface area contributed by atoms with Crippen molar-refractivity contribution < 1.29 is 9.78 Å². The maximum Gasteiger partial charge on any atom is 0.187 e. The van der Waals surface area contributed by atoms with E-state index in [0.29, 0.717) is 17.4 Å². The van der Waals surface area contributed by atoms with Crippen LogP contribution in [0.2, 0.25) is 5.02 Å². The smallest absolute Gasteiger partial charge is 0.187 e. The van der Waals surface area contributed by atoms with Crippen molar-refractivity contribution in [3.8, 4) is 5.75 Å². The van der Waals surface area contributed by atoms with Crippen LogP contribution in [0.15, 0.2) is 12.1 Å². The summed E-state index contributed by atoms with van der Waals surface area (Å²) in [6.07, 6.45) is 0.815. The van der Waals surface area contributed by atoms with E-state index in [1.54, 1.807) is 12.1 Å². The topological polar surface area (TPSA) is 18.5 Å². The first-order valence-electron chi connectivity index (χ1n) is 3.36. The molecule has 1 heterocycles. The maximum absolute atomic E-state index is 5.82. The zero-order valence-electron chi connectivity index (χ0n) is 5.76. The van der Waals surface area contributed by atoms with Crippen molar-refractivity contribution in [1.82, 2.24) is 0 Å². The van der Waals surface area contributed by atoms with Crippen LogP contribution in [0.4, 0.5) is 0 Å². The minimum atomic E-state index is 0.573. The predicted molar refractivity (Wildman–Crippen MR) is 40.6 cm³/mol. The lowest BCUT2D eigenvalue weighted by Gasteiger charge is -2.15. The second-order valence-electron chi connectivity index (χ2n) is 2.29. The van der Waals surface area contributed by atoms with Crippen molar-refractivity contribution in [3.05, 3.63) is 28.8 Å². The van der Waals surface area contributed by atoms with Crippen LogP contribution in [0.5, 0.6) is 5.75 Å². The summed E-state index contributed by atoms with van der Waals surface area (Å²) >= 11 is 5.82. The van der Waals surface area contributed by atoms with Crippen molar-refractivity contribution in [2.24, 2.45) is 0 Å². The van der Waals surface area contributed by atoms with Gasteiger partial charge in [-0.25, -0.2) is 0 Å². The summed E-state index contributed by atoms with van der Waals surface area (Å²) < 4.78 is 0. The molecule has 0 N–H and O–H groups in total. The van der Waals surface area contributed by atoms with Gasteiger partial charge in [0.1, 0.15) is 0 Å². The van der Waals surface area contributed by atoms with E-state index in [2.05, 4.69) is 6.07 Å². The molecule has 0 saturated carbocycles.